The summed E-state index contributed by atoms with van der Waals surface area (Å²) in [6, 6.07) is 19.7. The predicted molar refractivity (Wildman–Crippen MR) is 99.9 cm³/mol. The summed E-state index contributed by atoms with van der Waals surface area (Å²) in [6.45, 7) is 1.90. The number of hydrogen-bond acceptors (Lipinski definition) is 2. The highest BCUT2D eigenvalue weighted by Crippen LogP contribution is 2.20. The van der Waals surface area contributed by atoms with Crippen LogP contribution in [0.3, 0.4) is 0 Å². The molecule has 3 rings (SSSR count). The molecule has 0 aliphatic heterocycles. The number of halogens is 1. The monoisotopic (exact) mass is 348 g/mol. The van der Waals surface area contributed by atoms with Crippen molar-refractivity contribution in [3.05, 3.63) is 95.3 Å². The van der Waals surface area contributed by atoms with E-state index in [9.17, 15) is 14.0 Å². The number of amides is 2. The van der Waals surface area contributed by atoms with E-state index in [0.717, 1.165) is 5.56 Å². The summed E-state index contributed by atoms with van der Waals surface area (Å²) in [4.78, 5) is 25.0. The molecule has 0 saturated carbocycles. The molecule has 0 heterocycles. The second-order valence-corrected chi connectivity index (χ2v) is 5.80. The molecule has 0 unspecified atom stereocenters. The van der Waals surface area contributed by atoms with Gasteiger partial charge in [0, 0.05) is 5.56 Å². The van der Waals surface area contributed by atoms with E-state index in [4.69, 9.17) is 0 Å². The third-order valence-corrected chi connectivity index (χ3v) is 3.82. The van der Waals surface area contributed by atoms with Gasteiger partial charge in [-0.2, -0.15) is 0 Å². The van der Waals surface area contributed by atoms with Crippen LogP contribution < -0.4 is 10.6 Å². The SMILES string of the molecule is Cc1cccc(C(=O)Nc2ccccc2C(=O)Nc2ccccc2F)c1. The summed E-state index contributed by atoms with van der Waals surface area (Å²) < 4.78 is 13.8. The topological polar surface area (TPSA) is 58.2 Å². The van der Waals surface area contributed by atoms with E-state index in [1.807, 2.05) is 13.0 Å². The number of carbonyl (C=O) groups excluding carboxylic acids is 2. The van der Waals surface area contributed by atoms with Crippen molar-refractivity contribution >= 4 is 23.2 Å². The molecule has 26 heavy (non-hydrogen) atoms. The largest absolute Gasteiger partial charge is 0.321 e. The Bertz CT molecular complexity index is 969. The molecule has 0 atom stereocenters. The van der Waals surface area contributed by atoms with Gasteiger partial charge >= 0.3 is 0 Å². The molecular formula is C21H17FN2O2. The van der Waals surface area contributed by atoms with Crippen molar-refractivity contribution in [1.82, 2.24) is 0 Å². The van der Waals surface area contributed by atoms with E-state index in [0.29, 0.717) is 11.3 Å². The molecule has 3 aromatic rings. The third kappa shape index (κ3) is 3.95. The van der Waals surface area contributed by atoms with Gasteiger partial charge in [0.05, 0.1) is 16.9 Å². The molecule has 5 heteroatoms. The molecule has 4 nitrogen and oxygen atoms in total. The van der Waals surface area contributed by atoms with E-state index in [1.165, 1.54) is 12.1 Å². The highest BCUT2D eigenvalue weighted by molar-refractivity contribution is 6.12. The second-order valence-electron chi connectivity index (χ2n) is 5.80. The molecule has 0 bridgehead atoms. The zero-order chi connectivity index (χ0) is 18.5. The number of carbonyl (C=O) groups is 2. The Hall–Kier alpha value is -3.47. The maximum absolute atomic E-state index is 13.8. The fourth-order valence-corrected chi connectivity index (χ4v) is 2.52. The fraction of sp³-hybridized carbons (Fsp3) is 0.0476. The van der Waals surface area contributed by atoms with E-state index in [2.05, 4.69) is 10.6 Å². The van der Waals surface area contributed by atoms with Crippen LogP contribution in [0, 0.1) is 12.7 Å². The Balaban J connectivity index is 1.83. The van der Waals surface area contributed by atoms with Gasteiger partial charge < -0.3 is 10.6 Å². The van der Waals surface area contributed by atoms with Crippen molar-refractivity contribution in [2.75, 3.05) is 10.6 Å². The van der Waals surface area contributed by atoms with Crippen molar-refractivity contribution in [3.8, 4) is 0 Å². The highest BCUT2D eigenvalue weighted by atomic mass is 19.1. The van der Waals surface area contributed by atoms with Crippen molar-refractivity contribution in [2.24, 2.45) is 0 Å². The normalized spacial score (nSPS) is 10.2. The predicted octanol–water partition coefficient (Wildman–Crippen LogP) is 4.64. The molecular weight excluding hydrogens is 331 g/mol. The first-order chi connectivity index (χ1) is 12.5. The maximum Gasteiger partial charge on any atom is 0.257 e. The molecule has 0 aliphatic carbocycles. The van der Waals surface area contributed by atoms with Crippen LogP contribution in [-0.2, 0) is 0 Å². The summed E-state index contributed by atoms with van der Waals surface area (Å²) in [5, 5.41) is 5.27. The molecule has 0 aromatic heterocycles. The lowest BCUT2D eigenvalue weighted by atomic mass is 10.1. The van der Waals surface area contributed by atoms with Gasteiger partial charge in [-0.25, -0.2) is 4.39 Å². The third-order valence-electron chi connectivity index (χ3n) is 3.82. The van der Waals surface area contributed by atoms with Crippen LogP contribution in [0.1, 0.15) is 26.3 Å². The first-order valence-corrected chi connectivity index (χ1v) is 8.07. The van der Waals surface area contributed by atoms with Crippen LogP contribution in [0.2, 0.25) is 0 Å². The van der Waals surface area contributed by atoms with Crippen LogP contribution in [0.4, 0.5) is 15.8 Å². The number of rotatable bonds is 4. The van der Waals surface area contributed by atoms with Gasteiger partial charge in [-0.05, 0) is 43.3 Å². The quantitative estimate of drug-likeness (QED) is 0.722. The lowest BCUT2D eigenvalue weighted by Gasteiger charge is -2.12. The number of nitrogens with one attached hydrogen (secondary N) is 2. The Kier molecular flexibility index (Phi) is 5.08. The van der Waals surface area contributed by atoms with Crippen LogP contribution in [0.15, 0.2) is 72.8 Å². The summed E-state index contributed by atoms with van der Waals surface area (Å²) >= 11 is 0. The van der Waals surface area contributed by atoms with Gasteiger partial charge in [-0.1, -0.05) is 42.0 Å². The maximum atomic E-state index is 13.8. The van der Waals surface area contributed by atoms with Crippen LogP contribution in [0.5, 0.6) is 0 Å². The van der Waals surface area contributed by atoms with Gasteiger partial charge in [0.1, 0.15) is 5.82 Å². The molecule has 0 radical (unpaired) electrons. The zero-order valence-corrected chi connectivity index (χ0v) is 14.1. The second kappa shape index (κ2) is 7.61. The van der Waals surface area contributed by atoms with E-state index in [-0.39, 0.29) is 17.2 Å². The molecule has 2 N–H and O–H groups in total. The molecule has 0 fully saturated rings. The Morgan fingerprint density at radius 3 is 2.15 bits per heavy atom. The standard InChI is InChI=1S/C21H17FN2O2/c1-14-7-6-8-15(13-14)20(25)23-18-11-4-2-9-16(18)21(26)24-19-12-5-3-10-17(19)22/h2-13H,1H3,(H,23,25)(H,24,26). The average Bonchev–Trinajstić information content (AvgIpc) is 2.64. The molecule has 0 spiro atoms. The van der Waals surface area contributed by atoms with Gasteiger partial charge in [0.15, 0.2) is 0 Å². The average molecular weight is 348 g/mol. The smallest absolute Gasteiger partial charge is 0.257 e. The number of anilines is 2. The van der Waals surface area contributed by atoms with Gasteiger partial charge in [-0.15, -0.1) is 0 Å². The Morgan fingerprint density at radius 1 is 0.769 bits per heavy atom. The number of hydrogen-bond donors (Lipinski definition) is 2. The molecule has 130 valence electrons. The summed E-state index contributed by atoms with van der Waals surface area (Å²) in [5.41, 5.74) is 2.14. The van der Waals surface area contributed by atoms with Crippen LogP contribution in [0.25, 0.3) is 0 Å². The lowest BCUT2D eigenvalue weighted by Crippen LogP contribution is -2.18. The molecule has 0 aliphatic rings. The van der Waals surface area contributed by atoms with Crippen LogP contribution in [-0.4, -0.2) is 11.8 Å². The van der Waals surface area contributed by atoms with E-state index >= 15 is 0 Å². The molecule has 3 aromatic carbocycles. The minimum atomic E-state index is -0.526. The van der Waals surface area contributed by atoms with E-state index in [1.54, 1.807) is 54.6 Å². The minimum absolute atomic E-state index is 0.0808. The van der Waals surface area contributed by atoms with Crippen molar-refractivity contribution in [1.29, 1.82) is 0 Å². The van der Waals surface area contributed by atoms with E-state index < -0.39 is 11.7 Å². The number of benzene rings is 3. The lowest BCUT2D eigenvalue weighted by molar-refractivity contribution is 0.102. The highest BCUT2D eigenvalue weighted by Gasteiger charge is 2.15. The Morgan fingerprint density at radius 2 is 1.42 bits per heavy atom. The summed E-state index contributed by atoms with van der Waals surface area (Å²) in [5.74, 6) is -1.35. The van der Waals surface area contributed by atoms with Gasteiger partial charge in [0.2, 0.25) is 0 Å². The summed E-state index contributed by atoms with van der Waals surface area (Å²) in [6.07, 6.45) is 0. The number of para-hydroxylation sites is 2. The van der Waals surface area contributed by atoms with Crippen LogP contribution >= 0.6 is 0 Å². The van der Waals surface area contributed by atoms with Crippen molar-refractivity contribution in [3.63, 3.8) is 0 Å². The molecule has 2 amide bonds. The Labute approximate surface area is 150 Å². The van der Waals surface area contributed by atoms with Crippen molar-refractivity contribution in [2.45, 2.75) is 6.92 Å². The first-order valence-electron chi connectivity index (χ1n) is 8.07. The molecule has 0 saturated heterocycles. The van der Waals surface area contributed by atoms with Gasteiger partial charge in [0.25, 0.3) is 11.8 Å². The number of aryl methyl sites for hydroxylation is 1. The van der Waals surface area contributed by atoms with Crippen molar-refractivity contribution < 1.29 is 14.0 Å². The minimum Gasteiger partial charge on any atom is -0.321 e. The van der Waals surface area contributed by atoms with Gasteiger partial charge in [-0.3, -0.25) is 9.59 Å². The summed E-state index contributed by atoms with van der Waals surface area (Å²) in [7, 11) is 0. The fourth-order valence-electron chi connectivity index (χ4n) is 2.52. The zero-order valence-electron chi connectivity index (χ0n) is 14.1. The first kappa shape index (κ1) is 17.4.